The second kappa shape index (κ2) is 9.87. The van der Waals surface area contributed by atoms with Crippen molar-refractivity contribution < 1.29 is 19.1 Å². The van der Waals surface area contributed by atoms with Crippen LogP contribution in [0, 0.1) is 0 Å². The average Bonchev–Trinajstić information content (AvgIpc) is 2.75. The zero-order valence-electron chi connectivity index (χ0n) is 15.6. The summed E-state index contributed by atoms with van der Waals surface area (Å²) >= 11 is 11.9. The zero-order chi connectivity index (χ0) is 21.5. The third kappa shape index (κ3) is 5.34. The Labute approximate surface area is 182 Å². The molecule has 1 amide bonds. The average molecular weight is 444 g/mol. The fourth-order valence-corrected chi connectivity index (χ4v) is 2.87. The Bertz CT molecular complexity index is 1100. The lowest BCUT2D eigenvalue weighted by molar-refractivity contribution is 0.0729. The van der Waals surface area contributed by atoms with Crippen LogP contribution >= 0.6 is 23.2 Å². The monoisotopic (exact) mass is 443 g/mol. The molecule has 3 rings (SSSR count). The van der Waals surface area contributed by atoms with E-state index in [-0.39, 0.29) is 16.3 Å². The number of carbonyl (C=O) groups is 2. The summed E-state index contributed by atoms with van der Waals surface area (Å²) in [5, 5.41) is 4.50. The van der Waals surface area contributed by atoms with Crippen molar-refractivity contribution >= 4 is 41.3 Å². The van der Waals surface area contributed by atoms with Gasteiger partial charge in [-0.05, 0) is 54.1 Å². The molecular formula is C21H15Cl2N3O4. The van der Waals surface area contributed by atoms with Gasteiger partial charge in [0.15, 0.2) is 11.5 Å². The van der Waals surface area contributed by atoms with Gasteiger partial charge in [0.25, 0.3) is 5.91 Å². The van der Waals surface area contributed by atoms with Gasteiger partial charge in [0, 0.05) is 17.4 Å². The van der Waals surface area contributed by atoms with Crippen LogP contribution in [0.3, 0.4) is 0 Å². The van der Waals surface area contributed by atoms with Crippen molar-refractivity contribution in [1.82, 2.24) is 10.4 Å². The van der Waals surface area contributed by atoms with Crippen molar-refractivity contribution in [3.8, 4) is 11.5 Å². The van der Waals surface area contributed by atoms with Crippen LogP contribution in [0.2, 0.25) is 10.0 Å². The van der Waals surface area contributed by atoms with Crippen molar-refractivity contribution in [2.45, 2.75) is 0 Å². The number of rotatable bonds is 6. The molecule has 1 N–H and O–H groups in total. The SMILES string of the molecule is COc1cc(/C=N/NC(=O)c2cccnc2)ccc1OC(=O)c1ccc(Cl)cc1Cl. The van der Waals surface area contributed by atoms with Gasteiger partial charge in [0.2, 0.25) is 0 Å². The Morgan fingerprint density at radius 1 is 1.10 bits per heavy atom. The quantitative estimate of drug-likeness (QED) is 0.264. The van der Waals surface area contributed by atoms with Crippen LogP contribution in [-0.4, -0.2) is 30.2 Å². The van der Waals surface area contributed by atoms with Crippen LogP contribution in [0.15, 0.2) is 66.0 Å². The van der Waals surface area contributed by atoms with Crippen molar-refractivity contribution in [3.05, 3.63) is 87.7 Å². The van der Waals surface area contributed by atoms with E-state index in [1.807, 2.05) is 0 Å². The highest BCUT2D eigenvalue weighted by molar-refractivity contribution is 6.36. The van der Waals surface area contributed by atoms with Gasteiger partial charge in [-0.15, -0.1) is 0 Å². The molecule has 1 heterocycles. The zero-order valence-corrected chi connectivity index (χ0v) is 17.1. The first-order valence-corrected chi connectivity index (χ1v) is 9.32. The summed E-state index contributed by atoms with van der Waals surface area (Å²) in [5.74, 6) is -0.544. The number of pyridine rings is 1. The van der Waals surface area contributed by atoms with Crippen LogP contribution in [0.1, 0.15) is 26.3 Å². The molecular weight excluding hydrogens is 429 g/mol. The number of amides is 1. The number of hydrogen-bond donors (Lipinski definition) is 1. The van der Waals surface area contributed by atoms with Crippen molar-refractivity contribution in [2.24, 2.45) is 5.10 Å². The molecule has 0 unspecified atom stereocenters. The number of carbonyl (C=O) groups excluding carboxylic acids is 2. The Balaban J connectivity index is 1.70. The minimum Gasteiger partial charge on any atom is -0.493 e. The number of aromatic nitrogens is 1. The van der Waals surface area contributed by atoms with Gasteiger partial charge in [-0.3, -0.25) is 9.78 Å². The highest BCUT2D eigenvalue weighted by atomic mass is 35.5. The molecule has 0 bridgehead atoms. The summed E-state index contributed by atoms with van der Waals surface area (Å²) in [4.78, 5) is 28.2. The molecule has 0 aliphatic heterocycles. The van der Waals surface area contributed by atoms with E-state index in [2.05, 4.69) is 15.5 Å². The third-order valence-corrected chi connectivity index (χ3v) is 4.39. The number of halogens is 2. The van der Waals surface area contributed by atoms with Gasteiger partial charge < -0.3 is 9.47 Å². The second-order valence-electron chi connectivity index (χ2n) is 5.86. The number of hydrazone groups is 1. The molecule has 3 aromatic rings. The number of benzene rings is 2. The Kier molecular flexibility index (Phi) is 7.00. The lowest BCUT2D eigenvalue weighted by Crippen LogP contribution is -2.17. The van der Waals surface area contributed by atoms with Gasteiger partial charge in [-0.1, -0.05) is 23.2 Å². The molecule has 2 aromatic carbocycles. The van der Waals surface area contributed by atoms with Crippen LogP contribution < -0.4 is 14.9 Å². The molecule has 9 heteroatoms. The smallest absolute Gasteiger partial charge is 0.345 e. The van der Waals surface area contributed by atoms with E-state index in [1.54, 1.807) is 42.6 Å². The fraction of sp³-hybridized carbons (Fsp3) is 0.0476. The fourth-order valence-electron chi connectivity index (χ4n) is 2.39. The molecule has 0 atom stereocenters. The Hall–Kier alpha value is -3.42. The Morgan fingerprint density at radius 2 is 1.93 bits per heavy atom. The molecule has 0 saturated heterocycles. The van der Waals surface area contributed by atoms with Crippen molar-refractivity contribution in [1.29, 1.82) is 0 Å². The van der Waals surface area contributed by atoms with E-state index in [0.29, 0.717) is 21.9 Å². The lowest BCUT2D eigenvalue weighted by atomic mass is 10.2. The van der Waals surface area contributed by atoms with Crippen molar-refractivity contribution in [3.63, 3.8) is 0 Å². The van der Waals surface area contributed by atoms with Gasteiger partial charge in [0.05, 0.1) is 29.5 Å². The summed E-state index contributed by atoms with van der Waals surface area (Å²) in [6.07, 6.45) is 4.43. The van der Waals surface area contributed by atoms with E-state index >= 15 is 0 Å². The third-order valence-electron chi connectivity index (χ3n) is 3.84. The van der Waals surface area contributed by atoms with Crippen molar-refractivity contribution in [2.75, 3.05) is 7.11 Å². The van der Waals surface area contributed by atoms with Crippen LogP contribution in [0.5, 0.6) is 11.5 Å². The number of esters is 1. The molecule has 7 nitrogen and oxygen atoms in total. The molecule has 0 saturated carbocycles. The van der Waals surface area contributed by atoms with E-state index in [9.17, 15) is 9.59 Å². The van der Waals surface area contributed by atoms with Gasteiger partial charge in [-0.2, -0.15) is 5.10 Å². The second-order valence-corrected chi connectivity index (χ2v) is 6.71. The highest BCUT2D eigenvalue weighted by Crippen LogP contribution is 2.29. The maximum Gasteiger partial charge on any atom is 0.345 e. The predicted molar refractivity (Wildman–Crippen MR) is 114 cm³/mol. The normalized spacial score (nSPS) is 10.6. The summed E-state index contributed by atoms with van der Waals surface area (Å²) in [5.41, 5.74) is 3.57. The first-order chi connectivity index (χ1) is 14.5. The van der Waals surface area contributed by atoms with Gasteiger partial charge in [-0.25, -0.2) is 10.2 Å². The summed E-state index contributed by atoms with van der Waals surface area (Å²) < 4.78 is 10.7. The first kappa shape index (κ1) is 21.3. The number of nitrogens with one attached hydrogen (secondary N) is 1. The summed E-state index contributed by atoms with van der Waals surface area (Å²) in [6, 6.07) is 12.5. The number of ether oxygens (including phenoxy) is 2. The standard InChI is InChI=1S/C21H15Cl2N3O4/c1-29-19-9-13(11-25-26-20(27)14-3-2-8-24-12-14)4-7-18(19)30-21(28)16-6-5-15(22)10-17(16)23/h2-12H,1H3,(H,26,27)/b25-11+. The minimum absolute atomic E-state index is 0.173. The molecule has 30 heavy (non-hydrogen) atoms. The van der Waals surface area contributed by atoms with Gasteiger partial charge >= 0.3 is 5.97 Å². The maximum absolute atomic E-state index is 12.4. The van der Waals surface area contributed by atoms with Gasteiger partial charge in [0.1, 0.15) is 0 Å². The van der Waals surface area contributed by atoms with Crippen LogP contribution in [0.4, 0.5) is 0 Å². The Morgan fingerprint density at radius 3 is 2.63 bits per heavy atom. The predicted octanol–water partition coefficient (Wildman–Crippen LogP) is 4.38. The molecule has 0 fully saturated rings. The summed E-state index contributed by atoms with van der Waals surface area (Å²) in [7, 11) is 1.44. The van der Waals surface area contributed by atoms with E-state index < -0.39 is 11.9 Å². The largest absolute Gasteiger partial charge is 0.493 e. The van der Waals surface area contributed by atoms with E-state index in [4.69, 9.17) is 32.7 Å². The van der Waals surface area contributed by atoms with Crippen LogP contribution in [0.25, 0.3) is 0 Å². The van der Waals surface area contributed by atoms with Crippen LogP contribution in [-0.2, 0) is 0 Å². The molecule has 0 radical (unpaired) electrons. The van der Waals surface area contributed by atoms with E-state index in [0.717, 1.165) is 0 Å². The molecule has 152 valence electrons. The topological polar surface area (TPSA) is 89.9 Å². The number of nitrogens with zero attached hydrogens (tertiary/aromatic N) is 2. The molecule has 1 aromatic heterocycles. The maximum atomic E-state index is 12.4. The first-order valence-electron chi connectivity index (χ1n) is 8.56. The number of methoxy groups -OCH3 is 1. The summed E-state index contributed by atoms with van der Waals surface area (Å²) in [6.45, 7) is 0. The number of hydrogen-bond acceptors (Lipinski definition) is 6. The lowest BCUT2D eigenvalue weighted by Gasteiger charge is -2.10. The highest BCUT2D eigenvalue weighted by Gasteiger charge is 2.16. The minimum atomic E-state index is -0.653. The molecule has 0 aliphatic rings. The molecule has 0 aliphatic carbocycles. The molecule has 0 spiro atoms. The van der Waals surface area contributed by atoms with E-state index in [1.165, 1.54) is 31.7 Å².